The number of hydrogen-bond donors (Lipinski definition) is 3. The molecule has 0 bridgehead atoms. The van der Waals surface area contributed by atoms with Crippen molar-refractivity contribution >= 4 is 45.9 Å². The largest absolute Gasteiger partial charge is 0.368 e. The third kappa shape index (κ3) is 3.92. The van der Waals surface area contributed by atoms with Gasteiger partial charge in [-0.25, -0.2) is 23.3 Å². The highest BCUT2D eigenvalue weighted by Crippen LogP contribution is 2.31. The van der Waals surface area contributed by atoms with Gasteiger partial charge in [0.15, 0.2) is 11.6 Å². The van der Waals surface area contributed by atoms with Crippen molar-refractivity contribution in [1.82, 2.24) is 29.7 Å². The van der Waals surface area contributed by atoms with E-state index < -0.39 is 35.2 Å². The Kier molecular flexibility index (Phi) is 5.84. The fourth-order valence-corrected chi connectivity index (χ4v) is 3.69. The smallest absolute Gasteiger partial charge is 0.281 e. The van der Waals surface area contributed by atoms with Crippen molar-refractivity contribution in [1.29, 1.82) is 5.26 Å². The van der Waals surface area contributed by atoms with Gasteiger partial charge in [-0.2, -0.15) is 15.3 Å². The molecule has 168 valence electrons. The topological polar surface area (TPSA) is 151 Å². The van der Waals surface area contributed by atoms with E-state index in [0.29, 0.717) is 0 Å². The lowest BCUT2D eigenvalue weighted by atomic mass is 10.2. The SMILES string of the molecule is C[C@H](Nc1nc(N)nc(C(F)F)c1C#N)c1nc2c(Cl)ccc(Cl)c2c(=O)n1-c1cc[nH]n1. The maximum Gasteiger partial charge on any atom is 0.281 e. The number of hydrogen-bond acceptors (Lipinski definition) is 8. The van der Waals surface area contributed by atoms with E-state index in [1.807, 2.05) is 0 Å². The van der Waals surface area contributed by atoms with Gasteiger partial charge in [0, 0.05) is 12.3 Å². The normalized spacial score (nSPS) is 12.2. The van der Waals surface area contributed by atoms with E-state index >= 15 is 0 Å². The summed E-state index contributed by atoms with van der Waals surface area (Å²) in [5, 5.41) is 19.3. The van der Waals surface area contributed by atoms with Gasteiger partial charge in [-0.3, -0.25) is 9.89 Å². The minimum atomic E-state index is -3.05. The number of nitriles is 1. The molecule has 3 aromatic heterocycles. The second kappa shape index (κ2) is 8.61. The van der Waals surface area contributed by atoms with Crippen LogP contribution in [0.25, 0.3) is 16.7 Å². The highest BCUT2D eigenvalue weighted by Gasteiger charge is 2.25. The van der Waals surface area contributed by atoms with Crippen molar-refractivity contribution in [2.24, 2.45) is 0 Å². The minimum absolute atomic E-state index is 0.0760. The zero-order chi connectivity index (χ0) is 23.9. The highest BCUT2D eigenvalue weighted by atomic mass is 35.5. The standard InChI is InChI=1S/C19H13Cl2F2N9O/c1-7(27-16-8(6-24)13(15(22)23)29-19(25)30-16)17-28-14-10(21)3-2-9(20)12(14)18(33)32(17)11-4-5-26-31-11/h2-5,7,15H,1H3,(H,26,31)(H3,25,27,29,30)/t7-/m0/s1. The first-order chi connectivity index (χ1) is 15.7. The van der Waals surface area contributed by atoms with Crippen molar-refractivity contribution in [3.05, 3.63) is 61.9 Å². The Morgan fingerprint density at radius 2 is 1.94 bits per heavy atom. The Balaban J connectivity index is 1.94. The summed E-state index contributed by atoms with van der Waals surface area (Å²) in [5.41, 5.74) is 3.84. The monoisotopic (exact) mass is 491 g/mol. The zero-order valence-electron chi connectivity index (χ0n) is 16.6. The van der Waals surface area contributed by atoms with Gasteiger partial charge in [0.2, 0.25) is 5.95 Å². The second-order valence-electron chi connectivity index (χ2n) is 6.76. The second-order valence-corrected chi connectivity index (χ2v) is 7.58. The van der Waals surface area contributed by atoms with Crippen LogP contribution in [0.4, 0.5) is 20.5 Å². The van der Waals surface area contributed by atoms with Gasteiger partial charge < -0.3 is 11.1 Å². The molecule has 0 fully saturated rings. The molecule has 0 amide bonds. The first-order valence-corrected chi connectivity index (χ1v) is 10.0. The Morgan fingerprint density at radius 3 is 2.58 bits per heavy atom. The number of aromatic nitrogens is 6. The van der Waals surface area contributed by atoms with Gasteiger partial charge in [0.25, 0.3) is 12.0 Å². The molecule has 0 aliphatic heterocycles. The molecule has 0 spiro atoms. The highest BCUT2D eigenvalue weighted by molar-refractivity contribution is 6.39. The number of nitrogens with one attached hydrogen (secondary N) is 2. The van der Waals surface area contributed by atoms with Crippen LogP contribution in [-0.4, -0.2) is 29.7 Å². The fourth-order valence-electron chi connectivity index (χ4n) is 3.26. The van der Waals surface area contributed by atoms with Crippen LogP contribution in [0.3, 0.4) is 0 Å². The average Bonchev–Trinajstić information content (AvgIpc) is 3.29. The van der Waals surface area contributed by atoms with Crippen LogP contribution < -0.4 is 16.6 Å². The number of alkyl halides is 2. The predicted molar refractivity (Wildman–Crippen MR) is 118 cm³/mol. The van der Waals surface area contributed by atoms with Gasteiger partial charge >= 0.3 is 0 Å². The molecule has 4 rings (SSSR count). The van der Waals surface area contributed by atoms with E-state index in [4.69, 9.17) is 28.9 Å². The van der Waals surface area contributed by atoms with E-state index in [-0.39, 0.29) is 38.4 Å². The molecule has 1 aromatic carbocycles. The minimum Gasteiger partial charge on any atom is -0.368 e. The number of H-pyrrole nitrogens is 1. The molecule has 1 atom stereocenters. The number of nitrogens with zero attached hydrogens (tertiary/aromatic N) is 6. The molecular formula is C19H13Cl2F2N9O. The van der Waals surface area contributed by atoms with Crippen LogP contribution in [0, 0.1) is 11.3 Å². The summed E-state index contributed by atoms with van der Waals surface area (Å²) in [6.07, 6.45) is -1.55. The zero-order valence-corrected chi connectivity index (χ0v) is 18.2. The molecule has 0 aliphatic rings. The lowest BCUT2D eigenvalue weighted by molar-refractivity contribution is 0.146. The van der Waals surface area contributed by atoms with Gasteiger partial charge in [-0.1, -0.05) is 23.2 Å². The summed E-state index contributed by atoms with van der Waals surface area (Å²) in [7, 11) is 0. The summed E-state index contributed by atoms with van der Waals surface area (Å²) >= 11 is 12.5. The third-order valence-electron chi connectivity index (χ3n) is 4.68. The number of anilines is 2. The molecule has 0 unspecified atom stereocenters. The Labute approximate surface area is 194 Å². The van der Waals surface area contributed by atoms with Crippen LogP contribution >= 0.6 is 23.2 Å². The number of nitrogens with two attached hydrogens (primary N) is 1. The van der Waals surface area contributed by atoms with Crippen LogP contribution in [0.5, 0.6) is 0 Å². The molecule has 0 saturated heterocycles. The number of halogens is 4. The molecule has 3 heterocycles. The van der Waals surface area contributed by atoms with E-state index in [2.05, 4.69) is 30.5 Å². The molecule has 0 aliphatic carbocycles. The summed E-state index contributed by atoms with van der Waals surface area (Å²) in [4.78, 5) is 25.2. The van der Waals surface area contributed by atoms with Gasteiger partial charge in [-0.05, 0) is 19.1 Å². The molecule has 14 heteroatoms. The van der Waals surface area contributed by atoms with Crippen LogP contribution in [0.15, 0.2) is 29.2 Å². The number of aromatic amines is 1. The summed E-state index contributed by atoms with van der Waals surface area (Å²) in [6.45, 7) is 1.58. The molecule has 4 aromatic rings. The van der Waals surface area contributed by atoms with Crippen molar-refractivity contribution in [2.45, 2.75) is 19.4 Å². The Bertz CT molecular complexity index is 1470. The Morgan fingerprint density at radius 1 is 1.21 bits per heavy atom. The molecule has 0 radical (unpaired) electrons. The molecule has 10 nitrogen and oxygen atoms in total. The summed E-state index contributed by atoms with van der Waals surface area (Å²) < 4.78 is 27.9. The van der Waals surface area contributed by atoms with Crippen LogP contribution in [-0.2, 0) is 0 Å². The van der Waals surface area contributed by atoms with Gasteiger partial charge in [0.1, 0.15) is 23.2 Å². The molecule has 33 heavy (non-hydrogen) atoms. The van der Waals surface area contributed by atoms with E-state index in [9.17, 15) is 18.8 Å². The molecule has 0 saturated carbocycles. The van der Waals surface area contributed by atoms with Crippen molar-refractivity contribution < 1.29 is 8.78 Å². The third-order valence-corrected chi connectivity index (χ3v) is 5.30. The number of nitrogen functional groups attached to an aromatic ring is 1. The first-order valence-electron chi connectivity index (χ1n) is 9.26. The van der Waals surface area contributed by atoms with Gasteiger partial charge in [0.05, 0.1) is 27.0 Å². The fraction of sp³-hybridized carbons (Fsp3) is 0.158. The van der Waals surface area contributed by atoms with Crippen LogP contribution in [0.1, 0.15) is 36.5 Å². The number of rotatable bonds is 5. The first kappa shape index (κ1) is 22.4. The van der Waals surface area contributed by atoms with Crippen LogP contribution in [0.2, 0.25) is 10.0 Å². The number of fused-ring (bicyclic) bond motifs is 1. The molecule has 4 N–H and O–H groups in total. The summed E-state index contributed by atoms with van der Waals surface area (Å²) in [6, 6.07) is 5.30. The average molecular weight is 492 g/mol. The maximum atomic E-state index is 13.4. The van der Waals surface area contributed by atoms with Gasteiger partial charge in [-0.15, -0.1) is 0 Å². The molecular weight excluding hydrogens is 479 g/mol. The lowest BCUT2D eigenvalue weighted by Crippen LogP contribution is -2.28. The van der Waals surface area contributed by atoms with E-state index in [0.717, 1.165) is 0 Å². The van der Waals surface area contributed by atoms with E-state index in [1.54, 1.807) is 13.0 Å². The number of benzene rings is 1. The predicted octanol–water partition coefficient (Wildman–Crippen LogP) is 3.77. The van der Waals surface area contributed by atoms with Crippen molar-refractivity contribution in [3.63, 3.8) is 0 Å². The quantitative estimate of drug-likeness (QED) is 0.381. The van der Waals surface area contributed by atoms with Crippen molar-refractivity contribution in [3.8, 4) is 11.9 Å². The van der Waals surface area contributed by atoms with E-state index in [1.165, 1.54) is 29.0 Å². The Hall–Kier alpha value is -3.82. The van der Waals surface area contributed by atoms with Crippen molar-refractivity contribution in [2.75, 3.05) is 11.1 Å². The maximum absolute atomic E-state index is 13.4. The lowest BCUT2D eigenvalue weighted by Gasteiger charge is -2.20. The summed E-state index contributed by atoms with van der Waals surface area (Å²) in [5.74, 6) is -0.397.